The molecule has 4 rings (SSSR count). The molecule has 3 heterocycles. The number of pyridine rings is 1. The molecule has 0 aliphatic carbocycles. The zero-order valence-electron chi connectivity index (χ0n) is 15.7. The summed E-state index contributed by atoms with van der Waals surface area (Å²) in [5.74, 6) is 2.06. The summed E-state index contributed by atoms with van der Waals surface area (Å²) in [7, 11) is 3.11. The van der Waals surface area contributed by atoms with Crippen molar-refractivity contribution in [1.29, 1.82) is 0 Å². The van der Waals surface area contributed by atoms with E-state index < -0.39 is 0 Å². The number of hydrogen-bond acceptors (Lipinski definition) is 7. The number of aromatic nitrogens is 3. The summed E-state index contributed by atoms with van der Waals surface area (Å²) in [5, 5.41) is 8.28. The molecule has 0 bridgehead atoms. The fourth-order valence-corrected chi connectivity index (χ4v) is 3.30. The highest BCUT2D eigenvalue weighted by molar-refractivity contribution is 5.95. The molecule has 0 spiro atoms. The molecule has 1 aromatic carbocycles. The minimum atomic E-state index is -0.0598. The van der Waals surface area contributed by atoms with Crippen molar-refractivity contribution in [3.8, 4) is 23.0 Å². The third kappa shape index (κ3) is 3.40. The molecular weight excluding hydrogens is 360 g/mol. The number of carbonyl (C=O) groups is 1. The van der Waals surface area contributed by atoms with Crippen molar-refractivity contribution in [3.63, 3.8) is 0 Å². The van der Waals surface area contributed by atoms with E-state index in [1.165, 1.54) is 0 Å². The van der Waals surface area contributed by atoms with Crippen LogP contribution >= 0.6 is 0 Å². The van der Waals surface area contributed by atoms with E-state index >= 15 is 0 Å². The van der Waals surface area contributed by atoms with Gasteiger partial charge in [-0.3, -0.25) is 9.78 Å². The molecule has 1 aliphatic heterocycles. The highest BCUT2D eigenvalue weighted by Crippen LogP contribution is 2.31. The molecule has 0 radical (unpaired) electrons. The van der Waals surface area contributed by atoms with E-state index in [0.717, 1.165) is 12.0 Å². The molecule has 0 N–H and O–H groups in total. The van der Waals surface area contributed by atoms with Crippen LogP contribution in [0.2, 0.25) is 0 Å². The van der Waals surface area contributed by atoms with Gasteiger partial charge in [-0.2, -0.15) is 0 Å². The molecule has 8 nitrogen and oxygen atoms in total. The molecule has 144 valence electrons. The number of ether oxygens (including phenoxy) is 2. The summed E-state index contributed by atoms with van der Waals surface area (Å²) in [5.41, 5.74) is 1.33. The Morgan fingerprint density at radius 3 is 2.79 bits per heavy atom. The smallest absolute Gasteiger partial charge is 0.254 e. The Balaban J connectivity index is 1.47. The Kier molecular flexibility index (Phi) is 4.92. The zero-order chi connectivity index (χ0) is 19.5. The first-order valence-electron chi connectivity index (χ1n) is 8.94. The Labute approximate surface area is 162 Å². The predicted molar refractivity (Wildman–Crippen MR) is 100 cm³/mol. The van der Waals surface area contributed by atoms with E-state index in [4.69, 9.17) is 13.9 Å². The lowest BCUT2D eigenvalue weighted by Crippen LogP contribution is -2.28. The van der Waals surface area contributed by atoms with Gasteiger partial charge < -0.3 is 18.8 Å². The second kappa shape index (κ2) is 7.67. The largest absolute Gasteiger partial charge is 0.493 e. The van der Waals surface area contributed by atoms with Gasteiger partial charge in [0.05, 0.1) is 25.7 Å². The number of carbonyl (C=O) groups excluding carboxylic acids is 1. The Bertz CT molecular complexity index is 973. The van der Waals surface area contributed by atoms with Crippen LogP contribution in [-0.4, -0.2) is 53.3 Å². The van der Waals surface area contributed by atoms with Crippen LogP contribution < -0.4 is 9.47 Å². The van der Waals surface area contributed by atoms with Crippen molar-refractivity contribution in [2.75, 3.05) is 27.3 Å². The molecule has 1 aliphatic rings. The van der Waals surface area contributed by atoms with Gasteiger partial charge in [0.25, 0.3) is 5.91 Å². The molecule has 1 saturated heterocycles. The number of benzene rings is 1. The summed E-state index contributed by atoms with van der Waals surface area (Å²) in [6.45, 7) is 1.16. The number of nitrogens with zero attached hydrogens (tertiary/aromatic N) is 4. The third-order valence-corrected chi connectivity index (χ3v) is 4.80. The molecule has 0 saturated carbocycles. The van der Waals surface area contributed by atoms with Crippen molar-refractivity contribution in [2.45, 2.75) is 12.3 Å². The topological polar surface area (TPSA) is 90.6 Å². The maximum Gasteiger partial charge on any atom is 0.254 e. The molecule has 1 amide bonds. The van der Waals surface area contributed by atoms with Crippen LogP contribution in [-0.2, 0) is 0 Å². The van der Waals surface area contributed by atoms with E-state index in [-0.39, 0.29) is 11.8 Å². The van der Waals surface area contributed by atoms with Gasteiger partial charge >= 0.3 is 0 Å². The first-order chi connectivity index (χ1) is 13.7. The van der Waals surface area contributed by atoms with E-state index in [1.54, 1.807) is 49.7 Å². The van der Waals surface area contributed by atoms with Crippen molar-refractivity contribution < 1.29 is 18.7 Å². The van der Waals surface area contributed by atoms with Gasteiger partial charge in [-0.1, -0.05) is 0 Å². The minimum absolute atomic E-state index is 0.0158. The van der Waals surface area contributed by atoms with Gasteiger partial charge in [0.2, 0.25) is 11.8 Å². The molecule has 8 heteroatoms. The normalized spacial score (nSPS) is 16.2. The van der Waals surface area contributed by atoms with Gasteiger partial charge in [-0.25, -0.2) is 0 Å². The van der Waals surface area contributed by atoms with Gasteiger partial charge in [0.15, 0.2) is 11.5 Å². The maximum absolute atomic E-state index is 12.9. The highest BCUT2D eigenvalue weighted by Gasteiger charge is 2.31. The molecule has 1 fully saturated rings. The van der Waals surface area contributed by atoms with Crippen molar-refractivity contribution in [2.24, 2.45) is 0 Å². The predicted octanol–water partition coefficient (Wildman–Crippen LogP) is 2.78. The van der Waals surface area contributed by atoms with Gasteiger partial charge in [-0.05, 0) is 36.8 Å². The lowest BCUT2D eigenvalue weighted by atomic mass is 10.1. The zero-order valence-corrected chi connectivity index (χ0v) is 15.7. The van der Waals surface area contributed by atoms with E-state index in [9.17, 15) is 4.79 Å². The van der Waals surface area contributed by atoms with E-state index in [2.05, 4.69) is 15.2 Å². The highest BCUT2D eigenvalue weighted by atomic mass is 16.5. The van der Waals surface area contributed by atoms with Crippen LogP contribution in [0.15, 0.2) is 47.1 Å². The number of likely N-dealkylation sites (tertiary alicyclic amines) is 1. The number of rotatable bonds is 5. The van der Waals surface area contributed by atoms with Crippen LogP contribution in [0.25, 0.3) is 11.5 Å². The standard InChI is InChI=1S/C20H20N4O4/c1-26-16-6-5-13(10-17(16)27-2)20(25)24-9-7-15(12-24)19-23-22-18(28-19)14-4-3-8-21-11-14/h3-6,8,10-11,15H,7,9,12H2,1-2H3. The second-order valence-corrected chi connectivity index (χ2v) is 6.49. The summed E-state index contributed by atoms with van der Waals surface area (Å²) in [4.78, 5) is 18.7. The lowest BCUT2D eigenvalue weighted by molar-refractivity contribution is 0.0789. The van der Waals surface area contributed by atoms with E-state index in [1.807, 2.05) is 12.1 Å². The van der Waals surface area contributed by atoms with E-state index in [0.29, 0.717) is 41.9 Å². The van der Waals surface area contributed by atoms with Gasteiger partial charge in [-0.15, -0.1) is 10.2 Å². The number of methoxy groups -OCH3 is 2. The first-order valence-corrected chi connectivity index (χ1v) is 8.94. The fourth-order valence-electron chi connectivity index (χ4n) is 3.30. The summed E-state index contributed by atoms with van der Waals surface area (Å²) in [6, 6.07) is 8.86. The molecular formula is C20H20N4O4. The molecule has 28 heavy (non-hydrogen) atoms. The van der Waals surface area contributed by atoms with Crippen LogP contribution in [0.5, 0.6) is 11.5 Å². The quantitative estimate of drug-likeness (QED) is 0.672. The molecule has 2 aromatic heterocycles. The van der Waals surface area contributed by atoms with Crippen molar-refractivity contribution in [1.82, 2.24) is 20.1 Å². The Morgan fingerprint density at radius 2 is 2.04 bits per heavy atom. The molecule has 1 atom stereocenters. The fraction of sp³-hybridized carbons (Fsp3) is 0.300. The van der Waals surface area contributed by atoms with Gasteiger partial charge in [0.1, 0.15) is 0 Å². The van der Waals surface area contributed by atoms with Crippen molar-refractivity contribution >= 4 is 5.91 Å². The van der Waals surface area contributed by atoms with Crippen molar-refractivity contribution in [3.05, 3.63) is 54.2 Å². The Morgan fingerprint density at radius 1 is 1.18 bits per heavy atom. The van der Waals surface area contributed by atoms with Crippen LogP contribution in [0.4, 0.5) is 0 Å². The second-order valence-electron chi connectivity index (χ2n) is 6.49. The van der Waals surface area contributed by atoms with Crippen LogP contribution in [0.3, 0.4) is 0 Å². The molecule has 1 unspecified atom stereocenters. The van der Waals surface area contributed by atoms with Crippen LogP contribution in [0, 0.1) is 0 Å². The number of hydrogen-bond donors (Lipinski definition) is 0. The summed E-state index contributed by atoms with van der Waals surface area (Å²) in [6.07, 6.45) is 4.14. The Hall–Kier alpha value is -3.42. The lowest BCUT2D eigenvalue weighted by Gasteiger charge is -2.17. The minimum Gasteiger partial charge on any atom is -0.493 e. The third-order valence-electron chi connectivity index (χ3n) is 4.80. The summed E-state index contributed by atoms with van der Waals surface area (Å²) < 4.78 is 16.3. The maximum atomic E-state index is 12.9. The van der Waals surface area contributed by atoms with Crippen LogP contribution in [0.1, 0.15) is 28.6 Å². The summed E-state index contributed by atoms with van der Waals surface area (Å²) >= 11 is 0. The SMILES string of the molecule is COc1ccc(C(=O)N2CCC(c3nnc(-c4cccnc4)o3)C2)cc1OC. The first kappa shape index (κ1) is 18.0. The average molecular weight is 380 g/mol. The average Bonchev–Trinajstić information content (AvgIpc) is 3.43. The monoisotopic (exact) mass is 380 g/mol. The number of amides is 1. The van der Waals surface area contributed by atoms with Gasteiger partial charge in [0, 0.05) is 31.0 Å². The molecule has 3 aromatic rings.